The predicted octanol–water partition coefficient (Wildman–Crippen LogP) is 1.40. The smallest absolute Gasteiger partial charge is 0.178 e. The van der Waals surface area contributed by atoms with Gasteiger partial charge < -0.3 is 0 Å². The molecule has 1 heterocycles. The molecule has 14 heavy (non-hydrogen) atoms. The van der Waals surface area contributed by atoms with Crippen LogP contribution in [0.15, 0.2) is 30.3 Å². The summed E-state index contributed by atoms with van der Waals surface area (Å²) in [7, 11) is 0. The fraction of sp³-hybridized carbons (Fsp3) is 0.111. The van der Waals surface area contributed by atoms with E-state index in [0.29, 0.717) is 16.7 Å². The third kappa shape index (κ3) is 1.67. The molecular weight excluding hydrogens is 196 g/mol. The zero-order valence-corrected chi connectivity index (χ0v) is 8.27. The zero-order valence-electron chi connectivity index (χ0n) is 7.45. The van der Waals surface area contributed by atoms with Gasteiger partial charge in [-0.2, -0.15) is 0 Å². The van der Waals surface area contributed by atoms with E-state index in [9.17, 15) is 0 Å². The standard InChI is InChI=1S/C9H10N4S/c10-8-9(14)11-12-13(8)6-7-4-2-1-3-5-7/h1-5,10,12H,6H2,(H,11,14). The first-order valence-corrected chi connectivity index (χ1v) is 4.64. The van der Waals surface area contributed by atoms with Gasteiger partial charge in [-0.1, -0.05) is 42.5 Å². The Morgan fingerprint density at radius 3 is 2.57 bits per heavy atom. The summed E-state index contributed by atoms with van der Waals surface area (Å²) in [5.41, 5.74) is 1.44. The van der Waals surface area contributed by atoms with Gasteiger partial charge in [-0.25, -0.2) is 9.90 Å². The number of aromatic amines is 2. The molecule has 0 saturated carbocycles. The summed E-state index contributed by atoms with van der Waals surface area (Å²) < 4.78 is 2.10. The minimum absolute atomic E-state index is 0.309. The van der Waals surface area contributed by atoms with E-state index in [0.717, 1.165) is 5.56 Å². The molecule has 2 aromatic rings. The average Bonchev–Trinajstić information content (AvgIpc) is 2.52. The molecule has 2 rings (SSSR count). The van der Waals surface area contributed by atoms with Crippen molar-refractivity contribution in [2.75, 3.05) is 0 Å². The van der Waals surface area contributed by atoms with Crippen LogP contribution in [0.4, 0.5) is 0 Å². The Balaban J connectivity index is 2.33. The van der Waals surface area contributed by atoms with E-state index < -0.39 is 0 Å². The normalized spacial score (nSPS) is 10.3. The molecule has 0 fully saturated rings. The van der Waals surface area contributed by atoms with Gasteiger partial charge in [0.05, 0.1) is 6.54 Å². The Morgan fingerprint density at radius 1 is 1.29 bits per heavy atom. The Hall–Kier alpha value is -1.62. The molecule has 4 nitrogen and oxygen atoms in total. The summed E-state index contributed by atoms with van der Waals surface area (Å²) in [5.74, 6) is 0. The monoisotopic (exact) mass is 206 g/mol. The van der Waals surface area contributed by atoms with Crippen molar-refractivity contribution in [3.8, 4) is 0 Å². The molecule has 0 bridgehead atoms. The van der Waals surface area contributed by atoms with Gasteiger partial charge in [0, 0.05) is 0 Å². The minimum atomic E-state index is 0.309. The quantitative estimate of drug-likeness (QED) is 0.639. The largest absolute Gasteiger partial charge is 0.281 e. The molecule has 0 spiro atoms. The van der Waals surface area contributed by atoms with Crippen molar-refractivity contribution in [2.45, 2.75) is 6.54 Å². The lowest BCUT2D eigenvalue weighted by Crippen LogP contribution is -2.17. The van der Waals surface area contributed by atoms with E-state index in [1.807, 2.05) is 30.3 Å². The van der Waals surface area contributed by atoms with Gasteiger partial charge >= 0.3 is 0 Å². The van der Waals surface area contributed by atoms with Crippen molar-refractivity contribution in [1.29, 1.82) is 5.41 Å². The molecule has 0 atom stereocenters. The van der Waals surface area contributed by atoms with E-state index in [1.54, 1.807) is 4.68 Å². The zero-order chi connectivity index (χ0) is 9.97. The second-order valence-electron chi connectivity index (χ2n) is 2.99. The molecule has 0 unspecified atom stereocenters. The van der Waals surface area contributed by atoms with Gasteiger partial charge in [0.2, 0.25) is 0 Å². The Labute approximate surface area is 85.7 Å². The first kappa shape index (κ1) is 8.96. The molecule has 3 N–H and O–H groups in total. The molecule has 72 valence electrons. The van der Waals surface area contributed by atoms with Crippen LogP contribution in [-0.4, -0.2) is 15.0 Å². The van der Waals surface area contributed by atoms with Gasteiger partial charge in [-0.15, -0.1) is 0 Å². The minimum Gasteiger partial charge on any atom is -0.281 e. The van der Waals surface area contributed by atoms with Crippen molar-refractivity contribution < 1.29 is 0 Å². The van der Waals surface area contributed by atoms with Crippen molar-refractivity contribution in [1.82, 2.24) is 15.0 Å². The second-order valence-corrected chi connectivity index (χ2v) is 3.39. The lowest BCUT2D eigenvalue weighted by molar-refractivity contribution is 0.618. The van der Waals surface area contributed by atoms with Gasteiger partial charge in [-0.3, -0.25) is 10.5 Å². The number of rotatable bonds is 2. The van der Waals surface area contributed by atoms with Crippen LogP contribution in [0, 0.1) is 10.0 Å². The summed E-state index contributed by atoms with van der Waals surface area (Å²) in [6, 6.07) is 9.93. The molecule has 1 aromatic carbocycles. The Morgan fingerprint density at radius 2 is 2.00 bits per heavy atom. The maximum absolute atomic E-state index is 7.62. The molecule has 5 heteroatoms. The van der Waals surface area contributed by atoms with E-state index in [-0.39, 0.29) is 0 Å². The summed E-state index contributed by atoms with van der Waals surface area (Å²) in [5, 5.41) is 13.2. The molecular formula is C9H10N4S. The van der Waals surface area contributed by atoms with Crippen molar-refractivity contribution >= 4 is 12.2 Å². The lowest BCUT2D eigenvalue weighted by atomic mass is 10.2. The van der Waals surface area contributed by atoms with Gasteiger partial charge in [0.15, 0.2) is 10.1 Å². The van der Waals surface area contributed by atoms with E-state index in [1.165, 1.54) is 0 Å². The maximum atomic E-state index is 7.62. The summed E-state index contributed by atoms with van der Waals surface area (Å²) in [6.07, 6.45) is 0. The highest BCUT2D eigenvalue weighted by molar-refractivity contribution is 7.71. The van der Waals surface area contributed by atoms with Crippen molar-refractivity contribution in [3.63, 3.8) is 0 Å². The summed E-state index contributed by atoms with van der Waals surface area (Å²) >= 11 is 4.90. The number of benzene rings is 1. The van der Waals surface area contributed by atoms with Crippen molar-refractivity contribution in [3.05, 3.63) is 46.0 Å². The predicted molar refractivity (Wildman–Crippen MR) is 55.4 cm³/mol. The highest BCUT2D eigenvalue weighted by Gasteiger charge is 1.96. The van der Waals surface area contributed by atoms with E-state index >= 15 is 0 Å². The third-order valence-corrected chi connectivity index (χ3v) is 2.27. The van der Waals surface area contributed by atoms with Crippen LogP contribution >= 0.6 is 12.2 Å². The first-order chi connectivity index (χ1) is 6.77. The van der Waals surface area contributed by atoms with Crippen LogP contribution in [0.2, 0.25) is 0 Å². The first-order valence-electron chi connectivity index (χ1n) is 4.23. The van der Waals surface area contributed by atoms with Crippen LogP contribution in [0.3, 0.4) is 0 Å². The summed E-state index contributed by atoms with van der Waals surface area (Å²) in [6.45, 7) is 0.632. The van der Waals surface area contributed by atoms with Gasteiger partial charge in [0.1, 0.15) is 0 Å². The molecule has 0 saturated heterocycles. The number of aromatic nitrogens is 3. The second kappa shape index (κ2) is 3.63. The van der Waals surface area contributed by atoms with Gasteiger partial charge in [-0.05, 0) is 5.56 Å². The van der Waals surface area contributed by atoms with Crippen LogP contribution in [0.5, 0.6) is 0 Å². The Kier molecular flexibility index (Phi) is 2.32. The highest BCUT2D eigenvalue weighted by Crippen LogP contribution is 1.98. The Bertz CT molecular complexity index is 519. The van der Waals surface area contributed by atoms with Crippen LogP contribution in [-0.2, 0) is 6.54 Å². The average molecular weight is 206 g/mol. The molecule has 0 aliphatic rings. The lowest BCUT2D eigenvalue weighted by Gasteiger charge is -2.00. The SMILES string of the molecule is N=c1c(=S)[nH][nH]n1Cc1ccccc1. The topological polar surface area (TPSA) is 60.4 Å². The highest BCUT2D eigenvalue weighted by atomic mass is 32.1. The van der Waals surface area contributed by atoms with Crippen LogP contribution < -0.4 is 5.49 Å². The third-order valence-electron chi connectivity index (χ3n) is 1.97. The van der Waals surface area contributed by atoms with Crippen LogP contribution in [0.1, 0.15) is 5.56 Å². The number of nitrogens with one attached hydrogen (secondary N) is 3. The number of H-pyrrole nitrogens is 2. The molecule has 1 aromatic heterocycles. The molecule has 0 radical (unpaired) electrons. The van der Waals surface area contributed by atoms with Gasteiger partial charge in [0.25, 0.3) is 0 Å². The van der Waals surface area contributed by atoms with Crippen LogP contribution in [0.25, 0.3) is 0 Å². The fourth-order valence-electron chi connectivity index (χ4n) is 1.24. The molecule has 0 amide bonds. The molecule has 0 aliphatic heterocycles. The summed E-state index contributed by atoms with van der Waals surface area (Å²) in [4.78, 5) is 0. The fourth-order valence-corrected chi connectivity index (χ4v) is 1.40. The van der Waals surface area contributed by atoms with E-state index in [4.69, 9.17) is 17.6 Å². The number of nitrogens with zero attached hydrogens (tertiary/aromatic N) is 1. The van der Waals surface area contributed by atoms with E-state index in [2.05, 4.69) is 10.3 Å². The van der Waals surface area contributed by atoms with Crippen molar-refractivity contribution in [2.24, 2.45) is 0 Å². The number of hydrogen-bond acceptors (Lipinski definition) is 2. The number of hydrogen-bond donors (Lipinski definition) is 3. The maximum Gasteiger partial charge on any atom is 0.178 e. The molecule has 0 aliphatic carbocycles.